The fourth-order valence-electron chi connectivity index (χ4n) is 2.58. The number of halogens is 2. The van der Waals surface area contributed by atoms with Crippen molar-refractivity contribution in [2.45, 2.75) is 13.8 Å². The Balaban J connectivity index is 1.83. The molecule has 0 amide bonds. The molecule has 120 valence electrons. The molecule has 3 aromatic carbocycles. The van der Waals surface area contributed by atoms with Gasteiger partial charge in [-0.05, 0) is 54.3 Å². The van der Waals surface area contributed by atoms with Crippen LogP contribution in [0.15, 0.2) is 60.7 Å². The molecule has 0 saturated carbocycles. The molecule has 0 aliphatic heterocycles. The normalized spacial score (nSPS) is 11.2. The van der Waals surface area contributed by atoms with Crippen molar-refractivity contribution in [1.29, 1.82) is 0 Å². The average molecular weight is 320 g/mol. The van der Waals surface area contributed by atoms with Crippen LogP contribution in [0.2, 0.25) is 0 Å². The number of aryl methyl sites for hydroxylation is 2. The van der Waals surface area contributed by atoms with E-state index in [1.165, 1.54) is 23.8 Å². The van der Waals surface area contributed by atoms with Crippen LogP contribution < -0.4 is 0 Å². The molecule has 0 saturated heterocycles. The van der Waals surface area contributed by atoms with Crippen LogP contribution in [-0.4, -0.2) is 0 Å². The summed E-state index contributed by atoms with van der Waals surface area (Å²) < 4.78 is 27.7. The minimum Gasteiger partial charge on any atom is -0.206 e. The molecule has 0 N–H and O–H groups in total. The molecule has 24 heavy (non-hydrogen) atoms. The zero-order chi connectivity index (χ0) is 17.1. The zero-order valence-electron chi connectivity index (χ0n) is 13.7. The molecule has 0 unspecified atom stereocenters. The Kier molecular flexibility index (Phi) is 4.57. The molecule has 2 heteroatoms. The summed E-state index contributed by atoms with van der Waals surface area (Å²) in [4.78, 5) is 0. The van der Waals surface area contributed by atoms with Crippen molar-refractivity contribution in [2.75, 3.05) is 0 Å². The lowest BCUT2D eigenvalue weighted by atomic mass is 10.0. The molecule has 0 heterocycles. The van der Waals surface area contributed by atoms with Gasteiger partial charge in [-0.1, -0.05) is 60.2 Å². The highest BCUT2D eigenvalue weighted by Gasteiger charge is 2.06. The minimum atomic E-state index is -0.542. The van der Waals surface area contributed by atoms with Gasteiger partial charge >= 0.3 is 0 Å². The molecule has 0 radical (unpaired) electrons. The van der Waals surface area contributed by atoms with Crippen LogP contribution in [0.5, 0.6) is 0 Å². The molecule has 0 atom stereocenters. The van der Waals surface area contributed by atoms with Crippen LogP contribution in [0.1, 0.15) is 22.3 Å². The maximum Gasteiger partial charge on any atom is 0.133 e. The second-order valence-corrected chi connectivity index (χ2v) is 5.96. The lowest BCUT2D eigenvalue weighted by molar-refractivity contribution is 0.577. The van der Waals surface area contributed by atoms with Crippen molar-refractivity contribution >= 4 is 12.2 Å². The smallest absolute Gasteiger partial charge is 0.133 e. The van der Waals surface area contributed by atoms with E-state index in [9.17, 15) is 8.78 Å². The topological polar surface area (TPSA) is 0 Å². The Morgan fingerprint density at radius 1 is 0.625 bits per heavy atom. The third-order valence-electron chi connectivity index (χ3n) is 3.96. The quantitative estimate of drug-likeness (QED) is 0.488. The Morgan fingerprint density at radius 3 is 1.67 bits per heavy atom. The molecule has 0 bridgehead atoms. The summed E-state index contributed by atoms with van der Waals surface area (Å²) in [6, 6.07) is 18.9. The predicted molar refractivity (Wildman–Crippen MR) is 96.6 cm³/mol. The van der Waals surface area contributed by atoms with Gasteiger partial charge in [-0.3, -0.25) is 0 Å². The summed E-state index contributed by atoms with van der Waals surface area (Å²) in [5.74, 6) is -1.08. The van der Waals surface area contributed by atoms with Crippen LogP contribution in [-0.2, 0) is 0 Å². The van der Waals surface area contributed by atoms with Gasteiger partial charge in [0.15, 0.2) is 0 Å². The van der Waals surface area contributed by atoms with Gasteiger partial charge in [0.2, 0.25) is 0 Å². The van der Waals surface area contributed by atoms with E-state index in [1.54, 1.807) is 13.0 Å². The SMILES string of the molecule is Cc1ccc(-c2ccc(C=Cc3c(F)cc(C)cc3F)cc2)cc1. The zero-order valence-corrected chi connectivity index (χ0v) is 13.7. The largest absolute Gasteiger partial charge is 0.206 e. The van der Waals surface area contributed by atoms with E-state index in [1.807, 2.05) is 24.3 Å². The Bertz CT molecular complexity index is 850. The van der Waals surface area contributed by atoms with Crippen LogP contribution in [0.3, 0.4) is 0 Å². The first kappa shape index (κ1) is 16.1. The van der Waals surface area contributed by atoms with E-state index < -0.39 is 11.6 Å². The Morgan fingerprint density at radius 2 is 1.12 bits per heavy atom. The average Bonchev–Trinajstić information content (AvgIpc) is 2.55. The molecule has 3 aromatic rings. The highest BCUT2D eigenvalue weighted by Crippen LogP contribution is 2.22. The molecule has 0 aliphatic carbocycles. The maximum atomic E-state index is 13.8. The van der Waals surface area contributed by atoms with E-state index >= 15 is 0 Å². The van der Waals surface area contributed by atoms with E-state index in [0.717, 1.165) is 16.7 Å². The minimum absolute atomic E-state index is 0.0109. The first-order valence-electron chi connectivity index (χ1n) is 7.84. The number of hydrogen-bond acceptors (Lipinski definition) is 0. The van der Waals surface area contributed by atoms with Crippen LogP contribution >= 0.6 is 0 Å². The summed E-state index contributed by atoms with van der Waals surface area (Å²) in [6.07, 6.45) is 3.20. The second kappa shape index (κ2) is 6.79. The molecular weight excluding hydrogens is 302 g/mol. The molecule has 0 fully saturated rings. The van der Waals surface area contributed by atoms with E-state index in [2.05, 4.69) is 31.2 Å². The molecule has 0 spiro atoms. The summed E-state index contributed by atoms with van der Waals surface area (Å²) in [7, 11) is 0. The molecule has 0 aliphatic rings. The van der Waals surface area contributed by atoms with Gasteiger partial charge in [0.1, 0.15) is 11.6 Å². The molecule has 0 nitrogen and oxygen atoms in total. The Hall–Kier alpha value is -2.74. The van der Waals surface area contributed by atoms with Gasteiger partial charge in [0.05, 0.1) is 0 Å². The van der Waals surface area contributed by atoms with Gasteiger partial charge in [0, 0.05) is 5.56 Å². The predicted octanol–water partition coefficient (Wildman–Crippen LogP) is 6.42. The molecular formula is C22H18F2. The summed E-state index contributed by atoms with van der Waals surface area (Å²) >= 11 is 0. The van der Waals surface area contributed by atoms with Crippen molar-refractivity contribution in [3.63, 3.8) is 0 Å². The van der Waals surface area contributed by atoms with Gasteiger partial charge in [-0.25, -0.2) is 8.78 Å². The van der Waals surface area contributed by atoms with Gasteiger partial charge in [-0.15, -0.1) is 0 Å². The summed E-state index contributed by atoms with van der Waals surface area (Å²) in [6.45, 7) is 3.73. The summed E-state index contributed by atoms with van der Waals surface area (Å²) in [5, 5.41) is 0. The fraction of sp³-hybridized carbons (Fsp3) is 0.0909. The van der Waals surface area contributed by atoms with Gasteiger partial charge in [0.25, 0.3) is 0 Å². The molecule has 0 aromatic heterocycles. The summed E-state index contributed by atoms with van der Waals surface area (Å²) in [5.41, 5.74) is 4.94. The van der Waals surface area contributed by atoms with Gasteiger partial charge < -0.3 is 0 Å². The van der Waals surface area contributed by atoms with E-state index in [-0.39, 0.29) is 5.56 Å². The monoisotopic (exact) mass is 320 g/mol. The highest BCUT2D eigenvalue weighted by atomic mass is 19.1. The molecule has 3 rings (SSSR count). The number of rotatable bonds is 3. The van der Waals surface area contributed by atoms with Gasteiger partial charge in [-0.2, -0.15) is 0 Å². The third kappa shape index (κ3) is 3.60. The second-order valence-electron chi connectivity index (χ2n) is 5.96. The highest BCUT2D eigenvalue weighted by molar-refractivity contribution is 5.72. The van der Waals surface area contributed by atoms with Crippen molar-refractivity contribution in [3.8, 4) is 11.1 Å². The van der Waals surface area contributed by atoms with Crippen molar-refractivity contribution in [2.24, 2.45) is 0 Å². The van der Waals surface area contributed by atoms with Crippen LogP contribution in [0, 0.1) is 25.5 Å². The standard InChI is InChI=1S/C22H18F2/c1-15-3-8-18(9-4-15)19-10-5-17(6-11-19)7-12-20-21(23)13-16(2)14-22(20)24/h3-14H,1-2H3. The third-order valence-corrected chi connectivity index (χ3v) is 3.96. The fourth-order valence-corrected chi connectivity index (χ4v) is 2.58. The van der Waals surface area contributed by atoms with E-state index in [4.69, 9.17) is 0 Å². The van der Waals surface area contributed by atoms with Crippen LogP contribution in [0.4, 0.5) is 8.78 Å². The maximum absolute atomic E-state index is 13.8. The van der Waals surface area contributed by atoms with E-state index in [0.29, 0.717) is 5.56 Å². The first-order valence-corrected chi connectivity index (χ1v) is 7.84. The lowest BCUT2D eigenvalue weighted by Crippen LogP contribution is -1.90. The van der Waals surface area contributed by atoms with Crippen LogP contribution in [0.25, 0.3) is 23.3 Å². The number of benzene rings is 3. The van der Waals surface area contributed by atoms with Crippen molar-refractivity contribution in [1.82, 2.24) is 0 Å². The first-order chi connectivity index (χ1) is 11.5. The van der Waals surface area contributed by atoms with Crippen molar-refractivity contribution < 1.29 is 8.78 Å². The lowest BCUT2D eigenvalue weighted by Gasteiger charge is -2.04. The Labute approximate surface area is 141 Å². The van der Waals surface area contributed by atoms with Crippen molar-refractivity contribution in [3.05, 3.63) is 94.6 Å². The number of hydrogen-bond donors (Lipinski definition) is 0.